The summed E-state index contributed by atoms with van der Waals surface area (Å²) in [6, 6.07) is 15.1. The van der Waals surface area contributed by atoms with Gasteiger partial charge in [-0.3, -0.25) is 4.79 Å². The SMILES string of the molecule is O=C(NCCCSc1ccccc1)Nc1cc(N2CCCC2=O)ccc1Cl. The van der Waals surface area contributed by atoms with E-state index in [1.807, 2.05) is 18.2 Å². The lowest BCUT2D eigenvalue weighted by Gasteiger charge is -2.17. The molecule has 0 aliphatic carbocycles. The van der Waals surface area contributed by atoms with Crippen LogP contribution in [0.25, 0.3) is 0 Å². The van der Waals surface area contributed by atoms with Gasteiger partial charge in [0.25, 0.3) is 0 Å². The molecular formula is C20H22ClN3O2S. The standard InChI is InChI=1S/C20H22ClN3O2S/c21-17-10-9-15(24-12-4-8-19(24)25)14-18(17)23-20(26)22-11-5-13-27-16-6-2-1-3-7-16/h1-3,6-7,9-10,14H,4-5,8,11-13H2,(H2,22,23,26). The van der Waals surface area contributed by atoms with Gasteiger partial charge in [-0.15, -0.1) is 11.8 Å². The van der Waals surface area contributed by atoms with E-state index in [4.69, 9.17) is 11.6 Å². The molecule has 142 valence electrons. The molecule has 27 heavy (non-hydrogen) atoms. The third-order valence-electron chi connectivity index (χ3n) is 4.20. The van der Waals surface area contributed by atoms with Crippen molar-refractivity contribution in [3.63, 3.8) is 0 Å². The lowest BCUT2D eigenvalue weighted by molar-refractivity contribution is -0.117. The van der Waals surface area contributed by atoms with Gasteiger partial charge < -0.3 is 15.5 Å². The van der Waals surface area contributed by atoms with Crippen LogP contribution in [0.2, 0.25) is 5.02 Å². The minimum atomic E-state index is -0.300. The molecule has 1 aliphatic heterocycles. The summed E-state index contributed by atoms with van der Waals surface area (Å²) in [5.74, 6) is 1.03. The largest absolute Gasteiger partial charge is 0.338 e. The number of halogens is 1. The van der Waals surface area contributed by atoms with Crippen LogP contribution in [-0.4, -0.2) is 30.8 Å². The molecule has 0 atom stereocenters. The predicted octanol–water partition coefficient (Wildman–Crippen LogP) is 4.77. The van der Waals surface area contributed by atoms with E-state index in [1.54, 1.807) is 34.9 Å². The van der Waals surface area contributed by atoms with Crippen molar-refractivity contribution in [3.8, 4) is 0 Å². The van der Waals surface area contributed by atoms with Gasteiger partial charge in [0.1, 0.15) is 0 Å². The van der Waals surface area contributed by atoms with Crippen molar-refractivity contribution in [1.82, 2.24) is 5.32 Å². The quantitative estimate of drug-likeness (QED) is 0.517. The van der Waals surface area contributed by atoms with Crippen LogP contribution < -0.4 is 15.5 Å². The van der Waals surface area contributed by atoms with Crippen molar-refractivity contribution in [2.24, 2.45) is 0 Å². The first kappa shape index (κ1) is 19.6. The summed E-state index contributed by atoms with van der Waals surface area (Å²) in [5.41, 5.74) is 1.27. The first-order valence-corrected chi connectivity index (χ1v) is 10.3. The number of carbonyl (C=O) groups is 2. The Morgan fingerprint density at radius 1 is 1.19 bits per heavy atom. The summed E-state index contributed by atoms with van der Waals surface area (Å²) < 4.78 is 0. The van der Waals surface area contributed by atoms with Crippen molar-refractivity contribution < 1.29 is 9.59 Å². The third kappa shape index (κ3) is 5.65. The van der Waals surface area contributed by atoms with Gasteiger partial charge in [-0.2, -0.15) is 0 Å². The van der Waals surface area contributed by atoms with Crippen LogP contribution in [0.5, 0.6) is 0 Å². The van der Waals surface area contributed by atoms with Gasteiger partial charge in [0.2, 0.25) is 5.91 Å². The van der Waals surface area contributed by atoms with Gasteiger partial charge >= 0.3 is 6.03 Å². The second-order valence-corrected chi connectivity index (χ2v) is 7.78. The molecule has 0 bridgehead atoms. The lowest BCUT2D eigenvalue weighted by Crippen LogP contribution is -2.30. The molecule has 0 radical (unpaired) electrons. The number of benzene rings is 2. The fourth-order valence-electron chi connectivity index (χ4n) is 2.85. The van der Waals surface area contributed by atoms with E-state index in [2.05, 4.69) is 22.8 Å². The highest BCUT2D eigenvalue weighted by Gasteiger charge is 2.22. The summed E-state index contributed by atoms with van der Waals surface area (Å²) in [6.45, 7) is 1.28. The highest BCUT2D eigenvalue weighted by molar-refractivity contribution is 7.99. The zero-order valence-electron chi connectivity index (χ0n) is 14.9. The maximum Gasteiger partial charge on any atom is 0.319 e. The summed E-state index contributed by atoms with van der Waals surface area (Å²) in [5, 5.41) is 6.06. The molecule has 0 saturated carbocycles. The second-order valence-electron chi connectivity index (χ2n) is 6.21. The topological polar surface area (TPSA) is 61.4 Å². The molecule has 5 nitrogen and oxygen atoms in total. The molecule has 1 fully saturated rings. The number of amides is 3. The van der Waals surface area contributed by atoms with E-state index in [0.717, 1.165) is 24.3 Å². The van der Waals surface area contributed by atoms with Crippen molar-refractivity contribution >= 4 is 46.7 Å². The Balaban J connectivity index is 1.45. The Kier molecular flexibility index (Phi) is 7.01. The van der Waals surface area contributed by atoms with E-state index in [9.17, 15) is 9.59 Å². The Morgan fingerprint density at radius 3 is 2.74 bits per heavy atom. The van der Waals surface area contributed by atoms with Crippen LogP contribution in [-0.2, 0) is 4.79 Å². The summed E-state index contributed by atoms with van der Waals surface area (Å²) in [4.78, 5) is 27.0. The first-order valence-electron chi connectivity index (χ1n) is 8.96. The van der Waals surface area contributed by atoms with Crippen molar-refractivity contribution in [1.29, 1.82) is 0 Å². The maximum absolute atomic E-state index is 12.1. The van der Waals surface area contributed by atoms with Crippen molar-refractivity contribution in [2.75, 3.05) is 29.1 Å². The van der Waals surface area contributed by atoms with Gasteiger partial charge in [-0.05, 0) is 48.9 Å². The first-order chi connectivity index (χ1) is 13.1. The summed E-state index contributed by atoms with van der Waals surface area (Å²) in [7, 11) is 0. The Bertz CT molecular complexity index is 801. The number of hydrogen-bond acceptors (Lipinski definition) is 3. The number of rotatable bonds is 7. The average Bonchev–Trinajstić information content (AvgIpc) is 3.10. The van der Waals surface area contributed by atoms with Gasteiger partial charge in [0.05, 0.1) is 10.7 Å². The van der Waals surface area contributed by atoms with Gasteiger partial charge in [-0.25, -0.2) is 4.79 Å². The molecule has 1 aliphatic rings. The molecule has 0 spiro atoms. The minimum Gasteiger partial charge on any atom is -0.338 e. The molecule has 1 saturated heterocycles. The average molecular weight is 404 g/mol. The van der Waals surface area contributed by atoms with E-state index in [0.29, 0.717) is 30.2 Å². The Labute approximate surface area is 168 Å². The second kappa shape index (κ2) is 9.67. The van der Waals surface area contributed by atoms with Crippen LogP contribution in [0.1, 0.15) is 19.3 Å². The Morgan fingerprint density at radius 2 is 2.00 bits per heavy atom. The van der Waals surface area contributed by atoms with Crippen LogP contribution in [0.4, 0.5) is 16.2 Å². The number of carbonyl (C=O) groups excluding carboxylic acids is 2. The minimum absolute atomic E-state index is 0.101. The fraction of sp³-hybridized carbons (Fsp3) is 0.300. The zero-order valence-corrected chi connectivity index (χ0v) is 16.5. The lowest BCUT2D eigenvalue weighted by atomic mass is 10.2. The van der Waals surface area contributed by atoms with Gasteiger partial charge in [0.15, 0.2) is 0 Å². The number of thioether (sulfide) groups is 1. The van der Waals surface area contributed by atoms with Gasteiger partial charge in [0, 0.05) is 30.1 Å². The van der Waals surface area contributed by atoms with Crippen LogP contribution in [0, 0.1) is 0 Å². The molecule has 7 heteroatoms. The molecule has 2 aromatic rings. The highest BCUT2D eigenvalue weighted by Crippen LogP contribution is 2.29. The summed E-state index contributed by atoms with van der Waals surface area (Å²) in [6.07, 6.45) is 2.28. The molecule has 2 aromatic carbocycles. The monoisotopic (exact) mass is 403 g/mol. The van der Waals surface area contributed by atoms with Crippen molar-refractivity contribution in [2.45, 2.75) is 24.2 Å². The van der Waals surface area contributed by atoms with E-state index in [-0.39, 0.29) is 11.9 Å². The van der Waals surface area contributed by atoms with E-state index >= 15 is 0 Å². The molecule has 0 aromatic heterocycles. The number of nitrogens with zero attached hydrogens (tertiary/aromatic N) is 1. The van der Waals surface area contributed by atoms with Crippen molar-refractivity contribution in [3.05, 3.63) is 53.6 Å². The van der Waals surface area contributed by atoms with Crippen LogP contribution in [0.3, 0.4) is 0 Å². The van der Waals surface area contributed by atoms with E-state index < -0.39 is 0 Å². The molecule has 3 amide bonds. The fourth-order valence-corrected chi connectivity index (χ4v) is 3.88. The maximum atomic E-state index is 12.1. The predicted molar refractivity (Wildman–Crippen MR) is 112 cm³/mol. The molecule has 1 heterocycles. The Hall–Kier alpha value is -2.18. The normalized spacial score (nSPS) is 13.7. The number of nitrogens with one attached hydrogen (secondary N) is 2. The number of urea groups is 1. The van der Waals surface area contributed by atoms with E-state index in [1.165, 1.54) is 4.90 Å². The zero-order chi connectivity index (χ0) is 19.1. The molecule has 3 rings (SSSR count). The molecule has 0 unspecified atom stereocenters. The van der Waals surface area contributed by atoms with Crippen LogP contribution >= 0.6 is 23.4 Å². The number of anilines is 2. The van der Waals surface area contributed by atoms with Crippen LogP contribution in [0.15, 0.2) is 53.4 Å². The highest BCUT2D eigenvalue weighted by atomic mass is 35.5. The number of hydrogen-bond donors (Lipinski definition) is 2. The smallest absolute Gasteiger partial charge is 0.319 e. The van der Waals surface area contributed by atoms with Gasteiger partial charge in [-0.1, -0.05) is 29.8 Å². The third-order valence-corrected chi connectivity index (χ3v) is 5.63. The molecular weight excluding hydrogens is 382 g/mol. The molecule has 2 N–H and O–H groups in total. The summed E-state index contributed by atoms with van der Waals surface area (Å²) >= 11 is 7.95.